The van der Waals surface area contributed by atoms with Crippen molar-refractivity contribution in [2.45, 2.75) is 26.8 Å². The molecular weight excluding hydrogens is 248 g/mol. The Balaban J connectivity index is 2.18. The zero-order chi connectivity index (χ0) is 14.4. The number of nitrogens with zero attached hydrogens (tertiary/aromatic N) is 2. The fraction of sp³-hybridized carbons (Fsp3) is 0.294. The summed E-state index contributed by atoms with van der Waals surface area (Å²) in [5.74, 6) is -0.000553. The van der Waals surface area contributed by atoms with Crippen molar-refractivity contribution in [3.05, 3.63) is 65.5 Å². The van der Waals surface area contributed by atoms with Crippen LogP contribution in [0.5, 0.6) is 0 Å². The highest BCUT2D eigenvalue weighted by Gasteiger charge is 2.16. The lowest BCUT2D eigenvalue weighted by molar-refractivity contribution is 0.0737. The first-order valence-electron chi connectivity index (χ1n) is 6.97. The van der Waals surface area contributed by atoms with Crippen LogP contribution in [0.25, 0.3) is 0 Å². The van der Waals surface area contributed by atoms with E-state index in [4.69, 9.17) is 0 Å². The lowest BCUT2D eigenvalue weighted by Gasteiger charge is -2.22. The Morgan fingerprint density at radius 3 is 2.50 bits per heavy atom. The summed E-state index contributed by atoms with van der Waals surface area (Å²) in [7, 11) is 0. The molecule has 3 nitrogen and oxygen atoms in total. The van der Waals surface area contributed by atoms with E-state index >= 15 is 0 Å². The number of rotatable bonds is 5. The average Bonchev–Trinajstić information content (AvgIpc) is 2.47. The van der Waals surface area contributed by atoms with Gasteiger partial charge >= 0.3 is 0 Å². The number of hydrogen-bond acceptors (Lipinski definition) is 2. The zero-order valence-corrected chi connectivity index (χ0v) is 12.0. The Morgan fingerprint density at radius 2 is 1.85 bits per heavy atom. The molecule has 1 aromatic carbocycles. The minimum atomic E-state index is -0.000553. The van der Waals surface area contributed by atoms with Gasteiger partial charge in [-0.05, 0) is 31.0 Å². The SMILES string of the molecule is CCCN(Cc1ccccc1)C(=O)c1cccc(C)n1. The van der Waals surface area contributed by atoms with Crippen molar-refractivity contribution in [1.29, 1.82) is 0 Å². The van der Waals surface area contributed by atoms with E-state index in [9.17, 15) is 4.79 Å². The largest absolute Gasteiger partial charge is 0.333 e. The van der Waals surface area contributed by atoms with Crippen LogP contribution in [0, 0.1) is 6.92 Å². The van der Waals surface area contributed by atoms with Crippen LogP contribution in [-0.2, 0) is 6.54 Å². The molecule has 3 heteroatoms. The van der Waals surface area contributed by atoms with Gasteiger partial charge in [0.2, 0.25) is 0 Å². The highest BCUT2D eigenvalue weighted by Crippen LogP contribution is 2.10. The standard InChI is InChI=1S/C17H20N2O/c1-3-12-19(13-15-9-5-4-6-10-15)17(20)16-11-7-8-14(2)18-16/h4-11H,3,12-13H2,1-2H3. The average molecular weight is 268 g/mol. The molecule has 0 atom stereocenters. The van der Waals surface area contributed by atoms with Crippen LogP contribution in [0.2, 0.25) is 0 Å². The molecule has 0 fully saturated rings. The molecule has 0 unspecified atom stereocenters. The van der Waals surface area contributed by atoms with Crippen LogP contribution in [0.1, 0.15) is 35.1 Å². The summed E-state index contributed by atoms with van der Waals surface area (Å²) >= 11 is 0. The third-order valence-electron chi connectivity index (χ3n) is 3.10. The number of hydrogen-bond donors (Lipinski definition) is 0. The zero-order valence-electron chi connectivity index (χ0n) is 12.0. The molecule has 2 rings (SSSR count). The fourth-order valence-corrected chi connectivity index (χ4v) is 2.15. The topological polar surface area (TPSA) is 33.2 Å². The van der Waals surface area contributed by atoms with E-state index in [1.165, 1.54) is 0 Å². The number of carbonyl (C=O) groups excluding carboxylic acids is 1. The van der Waals surface area contributed by atoms with Crippen molar-refractivity contribution in [1.82, 2.24) is 9.88 Å². The van der Waals surface area contributed by atoms with Gasteiger partial charge in [0, 0.05) is 18.8 Å². The quantitative estimate of drug-likeness (QED) is 0.832. The van der Waals surface area contributed by atoms with E-state index in [-0.39, 0.29) is 5.91 Å². The van der Waals surface area contributed by atoms with Gasteiger partial charge in [0.1, 0.15) is 5.69 Å². The highest BCUT2D eigenvalue weighted by atomic mass is 16.2. The summed E-state index contributed by atoms with van der Waals surface area (Å²) in [6.07, 6.45) is 0.935. The van der Waals surface area contributed by atoms with Crippen molar-refractivity contribution >= 4 is 5.91 Å². The van der Waals surface area contributed by atoms with E-state index in [2.05, 4.69) is 11.9 Å². The van der Waals surface area contributed by atoms with E-state index in [0.29, 0.717) is 12.2 Å². The molecule has 20 heavy (non-hydrogen) atoms. The second-order valence-electron chi connectivity index (χ2n) is 4.88. The molecule has 1 heterocycles. The summed E-state index contributed by atoms with van der Waals surface area (Å²) in [5, 5.41) is 0. The fourth-order valence-electron chi connectivity index (χ4n) is 2.15. The highest BCUT2D eigenvalue weighted by molar-refractivity contribution is 5.92. The second kappa shape index (κ2) is 6.85. The Bertz CT molecular complexity index is 566. The number of pyridine rings is 1. The lowest BCUT2D eigenvalue weighted by atomic mass is 10.2. The van der Waals surface area contributed by atoms with Crippen LogP contribution in [-0.4, -0.2) is 22.3 Å². The van der Waals surface area contributed by atoms with Crippen LogP contribution in [0.4, 0.5) is 0 Å². The van der Waals surface area contributed by atoms with Gasteiger partial charge in [-0.25, -0.2) is 4.98 Å². The third-order valence-corrected chi connectivity index (χ3v) is 3.10. The molecule has 0 radical (unpaired) electrons. The van der Waals surface area contributed by atoms with Gasteiger partial charge in [-0.2, -0.15) is 0 Å². The molecule has 0 bridgehead atoms. The maximum absolute atomic E-state index is 12.6. The number of carbonyl (C=O) groups is 1. The van der Waals surface area contributed by atoms with Crippen molar-refractivity contribution in [2.75, 3.05) is 6.54 Å². The molecule has 0 aliphatic carbocycles. The van der Waals surface area contributed by atoms with Gasteiger partial charge in [0.15, 0.2) is 0 Å². The monoisotopic (exact) mass is 268 g/mol. The van der Waals surface area contributed by atoms with Gasteiger partial charge in [0.25, 0.3) is 5.91 Å². The van der Waals surface area contributed by atoms with E-state index in [1.807, 2.05) is 54.3 Å². The molecule has 1 amide bonds. The first-order chi connectivity index (χ1) is 9.70. The molecule has 0 saturated carbocycles. The Morgan fingerprint density at radius 1 is 1.10 bits per heavy atom. The van der Waals surface area contributed by atoms with Gasteiger partial charge in [-0.1, -0.05) is 43.3 Å². The Hall–Kier alpha value is -2.16. The maximum Gasteiger partial charge on any atom is 0.272 e. The van der Waals surface area contributed by atoms with E-state index in [0.717, 1.165) is 24.2 Å². The molecule has 104 valence electrons. The number of aryl methyl sites for hydroxylation is 1. The molecule has 2 aromatic rings. The van der Waals surface area contributed by atoms with Crippen LogP contribution >= 0.6 is 0 Å². The predicted molar refractivity (Wildman–Crippen MR) is 80.4 cm³/mol. The smallest absolute Gasteiger partial charge is 0.272 e. The number of benzene rings is 1. The number of aromatic nitrogens is 1. The Labute approximate surface area is 120 Å². The normalized spacial score (nSPS) is 10.3. The summed E-state index contributed by atoms with van der Waals surface area (Å²) in [6, 6.07) is 15.6. The van der Waals surface area contributed by atoms with Crippen LogP contribution in [0.3, 0.4) is 0 Å². The summed E-state index contributed by atoms with van der Waals surface area (Å²) < 4.78 is 0. The predicted octanol–water partition coefficient (Wildman–Crippen LogP) is 3.44. The van der Waals surface area contributed by atoms with E-state index in [1.54, 1.807) is 6.07 Å². The summed E-state index contributed by atoms with van der Waals surface area (Å²) in [4.78, 5) is 18.7. The first-order valence-corrected chi connectivity index (χ1v) is 6.97. The van der Waals surface area contributed by atoms with Crippen molar-refractivity contribution in [3.63, 3.8) is 0 Å². The Kier molecular flexibility index (Phi) is 4.88. The molecular formula is C17H20N2O. The van der Waals surface area contributed by atoms with Crippen molar-refractivity contribution in [3.8, 4) is 0 Å². The van der Waals surface area contributed by atoms with Gasteiger partial charge in [-0.3, -0.25) is 4.79 Å². The second-order valence-corrected chi connectivity index (χ2v) is 4.88. The van der Waals surface area contributed by atoms with Crippen molar-refractivity contribution < 1.29 is 4.79 Å². The molecule has 0 aliphatic rings. The molecule has 0 aliphatic heterocycles. The molecule has 1 aromatic heterocycles. The van der Waals surface area contributed by atoms with E-state index < -0.39 is 0 Å². The molecule has 0 spiro atoms. The summed E-state index contributed by atoms with van der Waals surface area (Å²) in [5.41, 5.74) is 2.53. The van der Waals surface area contributed by atoms with Crippen LogP contribution < -0.4 is 0 Å². The third kappa shape index (κ3) is 3.67. The first kappa shape index (κ1) is 14.3. The van der Waals surface area contributed by atoms with Gasteiger partial charge in [0.05, 0.1) is 0 Å². The van der Waals surface area contributed by atoms with Crippen LogP contribution in [0.15, 0.2) is 48.5 Å². The molecule has 0 saturated heterocycles. The van der Waals surface area contributed by atoms with Crippen molar-refractivity contribution in [2.24, 2.45) is 0 Å². The number of amides is 1. The minimum absolute atomic E-state index is 0.000553. The maximum atomic E-state index is 12.6. The minimum Gasteiger partial charge on any atom is -0.333 e. The van der Waals surface area contributed by atoms with Gasteiger partial charge < -0.3 is 4.90 Å². The molecule has 0 N–H and O–H groups in total. The summed E-state index contributed by atoms with van der Waals surface area (Å²) in [6.45, 7) is 5.35. The lowest BCUT2D eigenvalue weighted by Crippen LogP contribution is -2.32. The van der Waals surface area contributed by atoms with Gasteiger partial charge in [-0.15, -0.1) is 0 Å².